The van der Waals surface area contributed by atoms with E-state index in [4.69, 9.17) is 14.5 Å². The molecule has 116 valence electrons. The van der Waals surface area contributed by atoms with E-state index in [2.05, 4.69) is 10.1 Å². The molecule has 0 N–H and O–H groups in total. The first-order chi connectivity index (χ1) is 10.3. The lowest BCUT2D eigenvalue weighted by atomic mass is 10.4. The predicted molar refractivity (Wildman–Crippen MR) is 71.5 cm³/mol. The molecule has 0 fully saturated rings. The van der Waals surface area contributed by atoms with E-state index in [0.29, 0.717) is 3.97 Å². The Labute approximate surface area is 126 Å². The third-order valence-corrected chi connectivity index (χ3v) is 4.64. The number of nitriles is 1. The van der Waals surface area contributed by atoms with Gasteiger partial charge in [0, 0.05) is 0 Å². The third kappa shape index (κ3) is 2.46. The van der Waals surface area contributed by atoms with Crippen LogP contribution in [0.2, 0.25) is 0 Å². The molecule has 2 aromatic rings. The number of carbonyl (C=O) groups excluding carboxylic acids is 1. The Bertz CT molecular complexity index is 852. The number of nitrogens with zero attached hydrogens (tertiary/aromatic N) is 4. The molecule has 9 nitrogen and oxygen atoms in total. The first kappa shape index (κ1) is 15.7. The molecule has 0 bridgehead atoms. The Balaban J connectivity index is 2.62. The van der Waals surface area contributed by atoms with Crippen LogP contribution in [0.25, 0.3) is 0 Å². The van der Waals surface area contributed by atoms with Crippen LogP contribution in [0.1, 0.15) is 34.7 Å². The third-order valence-electron chi connectivity index (χ3n) is 2.74. The van der Waals surface area contributed by atoms with Gasteiger partial charge in [-0.05, 0) is 20.8 Å². The van der Waals surface area contributed by atoms with E-state index in [1.54, 1.807) is 13.0 Å². The smallest absolute Gasteiger partial charge is 0.358 e. The molecule has 10 heteroatoms. The zero-order valence-electron chi connectivity index (χ0n) is 12.0. The fraction of sp³-hybridized carbons (Fsp3) is 0.333. The minimum atomic E-state index is -4.16. The second-order valence-corrected chi connectivity index (χ2v) is 5.99. The highest BCUT2D eigenvalue weighted by molar-refractivity contribution is 7.90. The van der Waals surface area contributed by atoms with Crippen LogP contribution < -0.4 is 0 Å². The second kappa shape index (κ2) is 5.61. The summed E-state index contributed by atoms with van der Waals surface area (Å²) in [7, 11) is -4.16. The average molecular weight is 324 g/mol. The van der Waals surface area contributed by atoms with Crippen LogP contribution in [-0.2, 0) is 14.8 Å². The molecule has 0 spiro atoms. The van der Waals surface area contributed by atoms with Crippen molar-refractivity contribution >= 4 is 16.0 Å². The van der Waals surface area contributed by atoms with Gasteiger partial charge in [0.1, 0.15) is 11.8 Å². The molecule has 0 unspecified atom stereocenters. The molecule has 22 heavy (non-hydrogen) atoms. The number of carbonyl (C=O) groups is 1. The standard InChI is InChI=1S/C12H12N4O5S/c1-4-20-12(17)9-6-16(10(5-13)14-9)22(18,19)11-7(2)15-21-8(11)3/h6H,4H2,1-3H3. The molecular formula is C12H12N4O5S. The number of aromatic nitrogens is 3. The van der Waals surface area contributed by atoms with Crippen molar-refractivity contribution in [2.45, 2.75) is 25.7 Å². The normalized spacial score (nSPS) is 11.2. The molecule has 2 rings (SSSR count). The van der Waals surface area contributed by atoms with Gasteiger partial charge < -0.3 is 9.26 Å². The summed E-state index contributed by atoms with van der Waals surface area (Å²) in [5, 5.41) is 12.6. The van der Waals surface area contributed by atoms with Crippen molar-refractivity contribution in [3.8, 4) is 6.07 Å². The highest BCUT2D eigenvalue weighted by Crippen LogP contribution is 2.23. The summed E-state index contributed by atoms with van der Waals surface area (Å²) in [4.78, 5) is 15.2. The largest absolute Gasteiger partial charge is 0.461 e. The Hall–Kier alpha value is -2.67. The Kier molecular flexibility index (Phi) is 4.01. The van der Waals surface area contributed by atoms with Crippen LogP contribution in [0.15, 0.2) is 15.6 Å². The summed E-state index contributed by atoms with van der Waals surface area (Å²) < 4.78 is 35.5. The van der Waals surface area contributed by atoms with Crippen molar-refractivity contribution in [1.82, 2.24) is 14.1 Å². The van der Waals surface area contributed by atoms with Crippen LogP contribution in [0.5, 0.6) is 0 Å². The number of ether oxygens (including phenoxy) is 1. The average Bonchev–Trinajstić information content (AvgIpc) is 3.03. The summed E-state index contributed by atoms with van der Waals surface area (Å²) >= 11 is 0. The van der Waals surface area contributed by atoms with E-state index >= 15 is 0 Å². The minimum Gasteiger partial charge on any atom is -0.461 e. The van der Waals surface area contributed by atoms with Crippen molar-refractivity contribution in [2.75, 3.05) is 6.61 Å². The zero-order valence-corrected chi connectivity index (χ0v) is 12.8. The Morgan fingerprint density at radius 2 is 2.18 bits per heavy atom. The van der Waals surface area contributed by atoms with E-state index in [1.165, 1.54) is 13.8 Å². The summed E-state index contributed by atoms with van der Waals surface area (Å²) in [6, 6.07) is 1.63. The van der Waals surface area contributed by atoms with Crippen molar-refractivity contribution in [1.29, 1.82) is 5.26 Å². The maximum atomic E-state index is 12.6. The topological polar surface area (TPSA) is 128 Å². The summed E-state index contributed by atoms with van der Waals surface area (Å²) in [6.45, 7) is 4.59. The number of esters is 1. The molecular weight excluding hydrogens is 312 g/mol. The van der Waals surface area contributed by atoms with Crippen molar-refractivity contribution in [3.05, 3.63) is 29.2 Å². The SMILES string of the molecule is CCOC(=O)c1cn(S(=O)(=O)c2c(C)noc2C)c(C#N)n1. The zero-order chi connectivity index (χ0) is 16.5. The summed E-state index contributed by atoms with van der Waals surface area (Å²) in [6.07, 6.45) is 0.942. The first-order valence-electron chi connectivity index (χ1n) is 6.18. The van der Waals surface area contributed by atoms with E-state index in [9.17, 15) is 13.2 Å². The maximum absolute atomic E-state index is 12.6. The van der Waals surface area contributed by atoms with Crippen molar-refractivity contribution < 1.29 is 22.5 Å². The number of hydrogen-bond acceptors (Lipinski definition) is 8. The summed E-state index contributed by atoms with van der Waals surface area (Å²) in [5.74, 6) is -1.19. The van der Waals surface area contributed by atoms with E-state index in [0.717, 1.165) is 6.20 Å². The molecule has 0 saturated carbocycles. The second-order valence-electron chi connectivity index (χ2n) is 4.24. The fourth-order valence-corrected chi connectivity index (χ4v) is 3.42. The molecule has 0 aromatic carbocycles. The van der Waals surface area contributed by atoms with Gasteiger partial charge in [0.2, 0.25) is 5.82 Å². The van der Waals surface area contributed by atoms with Crippen LogP contribution in [0.3, 0.4) is 0 Å². The van der Waals surface area contributed by atoms with Gasteiger partial charge in [0.25, 0.3) is 10.0 Å². The predicted octanol–water partition coefficient (Wildman–Crippen LogP) is 0.773. The first-order valence-corrected chi connectivity index (χ1v) is 7.62. The lowest BCUT2D eigenvalue weighted by molar-refractivity contribution is 0.0520. The van der Waals surface area contributed by atoms with Crippen LogP contribution in [-0.4, -0.2) is 35.1 Å². The molecule has 0 radical (unpaired) electrons. The Morgan fingerprint density at radius 3 is 2.68 bits per heavy atom. The van der Waals surface area contributed by atoms with E-state index in [-0.39, 0.29) is 28.7 Å². The molecule has 0 amide bonds. The lowest BCUT2D eigenvalue weighted by Gasteiger charge is -2.04. The molecule has 2 heterocycles. The molecule has 0 aliphatic heterocycles. The molecule has 0 aliphatic rings. The quantitative estimate of drug-likeness (QED) is 0.754. The van der Waals surface area contributed by atoms with Crippen LogP contribution in [0.4, 0.5) is 0 Å². The minimum absolute atomic E-state index is 0.0766. The van der Waals surface area contributed by atoms with Gasteiger partial charge in [0.05, 0.1) is 12.8 Å². The molecule has 0 saturated heterocycles. The number of hydrogen-bond donors (Lipinski definition) is 0. The van der Waals surface area contributed by atoms with Gasteiger partial charge in [-0.15, -0.1) is 0 Å². The van der Waals surface area contributed by atoms with Gasteiger partial charge in [-0.1, -0.05) is 5.16 Å². The van der Waals surface area contributed by atoms with Gasteiger partial charge in [-0.3, -0.25) is 0 Å². The van der Waals surface area contributed by atoms with E-state index in [1.807, 2.05) is 0 Å². The highest BCUT2D eigenvalue weighted by Gasteiger charge is 2.30. The number of imidazole rings is 1. The van der Waals surface area contributed by atoms with Gasteiger partial charge in [0.15, 0.2) is 16.3 Å². The molecule has 0 atom stereocenters. The monoisotopic (exact) mass is 324 g/mol. The fourth-order valence-electron chi connectivity index (χ4n) is 1.87. The molecule has 2 aromatic heterocycles. The van der Waals surface area contributed by atoms with Crippen molar-refractivity contribution in [2.24, 2.45) is 0 Å². The lowest BCUT2D eigenvalue weighted by Crippen LogP contribution is -2.15. The van der Waals surface area contributed by atoms with Gasteiger partial charge in [-0.25, -0.2) is 22.2 Å². The molecule has 0 aliphatic carbocycles. The number of aryl methyl sites for hydroxylation is 2. The van der Waals surface area contributed by atoms with Crippen LogP contribution >= 0.6 is 0 Å². The number of rotatable bonds is 4. The van der Waals surface area contributed by atoms with Crippen molar-refractivity contribution in [3.63, 3.8) is 0 Å². The van der Waals surface area contributed by atoms with Crippen LogP contribution in [0, 0.1) is 25.2 Å². The maximum Gasteiger partial charge on any atom is 0.358 e. The Morgan fingerprint density at radius 1 is 1.50 bits per heavy atom. The van der Waals surface area contributed by atoms with E-state index < -0.39 is 21.8 Å². The summed E-state index contributed by atoms with van der Waals surface area (Å²) in [5.41, 5.74) is -0.124. The van der Waals surface area contributed by atoms with Gasteiger partial charge in [-0.2, -0.15) is 5.26 Å². The highest BCUT2D eigenvalue weighted by atomic mass is 32.2. The van der Waals surface area contributed by atoms with Gasteiger partial charge >= 0.3 is 5.97 Å².